The largest absolute Gasteiger partial charge is 0.493 e. The van der Waals surface area contributed by atoms with Crippen LogP contribution in [0, 0.1) is 0 Å². The Labute approximate surface area is 134 Å². The zero-order valence-electron chi connectivity index (χ0n) is 13.2. The van der Waals surface area contributed by atoms with Crippen molar-refractivity contribution in [3.05, 3.63) is 47.3 Å². The maximum absolute atomic E-state index is 12.6. The smallest absolute Gasteiger partial charge is 0.257 e. The summed E-state index contributed by atoms with van der Waals surface area (Å²) in [6.07, 6.45) is 4.27. The summed E-state index contributed by atoms with van der Waals surface area (Å²) in [5.74, 6) is 1.03. The van der Waals surface area contributed by atoms with Gasteiger partial charge in [0.15, 0.2) is 11.5 Å². The Morgan fingerprint density at radius 3 is 2.83 bits per heavy atom. The van der Waals surface area contributed by atoms with Crippen molar-refractivity contribution in [1.29, 1.82) is 0 Å². The normalized spacial score (nSPS) is 13.1. The molecule has 1 aromatic carbocycles. The summed E-state index contributed by atoms with van der Waals surface area (Å²) >= 11 is 0. The zero-order chi connectivity index (χ0) is 16.2. The molecule has 2 N–H and O–H groups in total. The van der Waals surface area contributed by atoms with E-state index in [1.54, 1.807) is 38.6 Å². The predicted octanol–water partition coefficient (Wildman–Crippen LogP) is 2.00. The van der Waals surface area contributed by atoms with Crippen molar-refractivity contribution < 1.29 is 14.3 Å². The molecule has 3 rings (SSSR count). The molecule has 120 valence electrons. The highest BCUT2D eigenvalue weighted by atomic mass is 16.5. The van der Waals surface area contributed by atoms with Crippen LogP contribution in [-0.4, -0.2) is 31.7 Å². The fourth-order valence-corrected chi connectivity index (χ4v) is 2.72. The number of carbonyl (C=O) groups excluding carboxylic acids is 1. The second kappa shape index (κ2) is 6.66. The Balaban J connectivity index is 1.85. The molecular formula is C17H19N3O3. The second-order valence-corrected chi connectivity index (χ2v) is 5.28. The number of pyridine rings is 1. The summed E-state index contributed by atoms with van der Waals surface area (Å²) in [5, 5.41) is 6.18. The number of methoxy groups -OCH3 is 2. The third-order valence-corrected chi connectivity index (χ3v) is 3.90. The lowest BCUT2D eigenvalue weighted by Gasteiger charge is -2.19. The molecule has 0 saturated carbocycles. The van der Waals surface area contributed by atoms with Crippen LogP contribution in [0.2, 0.25) is 0 Å². The molecule has 1 amide bonds. The summed E-state index contributed by atoms with van der Waals surface area (Å²) in [4.78, 5) is 16.8. The van der Waals surface area contributed by atoms with E-state index in [-0.39, 0.29) is 5.91 Å². The average Bonchev–Trinajstić information content (AvgIpc) is 2.61. The van der Waals surface area contributed by atoms with Gasteiger partial charge in [-0.05, 0) is 36.2 Å². The number of fused-ring (bicyclic) bond motifs is 1. The lowest BCUT2D eigenvalue weighted by molar-refractivity contribution is 0.102. The van der Waals surface area contributed by atoms with Crippen LogP contribution in [-0.2, 0) is 13.0 Å². The summed E-state index contributed by atoms with van der Waals surface area (Å²) < 4.78 is 10.5. The van der Waals surface area contributed by atoms with Gasteiger partial charge in [0.2, 0.25) is 0 Å². The van der Waals surface area contributed by atoms with Crippen molar-refractivity contribution in [2.24, 2.45) is 0 Å². The lowest BCUT2D eigenvalue weighted by atomic mass is 9.98. The molecule has 0 unspecified atom stereocenters. The summed E-state index contributed by atoms with van der Waals surface area (Å²) in [6, 6.07) is 5.28. The highest BCUT2D eigenvalue weighted by molar-refractivity contribution is 6.05. The molecule has 0 spiro atoms. The molecule has 1 aliphatic rings. The molecule has 2 heterocycles. The number of nitrogens with zero attached hydrogens (tertiary/aromatic N) is 1. The Morgan fingerprint density at radius 1 is 1.22 bits per heavy atom. The van der Waals surface area contributed by atoms with Gasteiger partial charge in [-0.2, -0.15) is 0 Å². The van der Waals surface area contributed by atoms with E-state index in [0.717, 1.165) is 30.6 Å². The van der Waals surface area contributed by atoms with E-state index in [0.29, 0.717) is 22.7 Å². The minimum Gasteiger partial charge on any atom is -0.493 e. The number of aromatic nitrogens is 1. The van der Waals surface area contributed by atoms with Crippen LogP contribution in [0.15, 0.2) is 30.6 Å². The highest BCUT2D eigenvalue weighted by Gasteiger charge is 2.18. The second-order valence-electron chi connectivity index (χ2n) is 5.28. The predicted molar refractivity (Wildman–Crippen MR) is 87.1 cm³/mol. The molecule has 0 aliphatic carbocycles. The number of carbonyl (C=O) groups is 1. The third kappa shape index (κ3) is 3.12. The molecular weight excluding hydrogens is 294 g/mol. The minimum absolute atomic E-state index is 0.163. The van der Waals surface area contributed by atoms with E-state index >= 15 is 0 Å². The van der Waals surface area contributed by atoms with E-state index in [4.69, 9.17) is 9.47 Å². The molecule has 6 heteroatoms. The molecule has 1 aromatic heterocycles. The Morgan fingerprint density at radius 2 is 2.04 bits per heavy atom. The summed E-state index contributed by atoms with van der Waals surface area (Å²) in [7, 11) is 3.14. The minimum atomic E-state index is -0.163. The van der Waals surface area contributed by atoms with Gasteiger partial charge in [-0.15, -0.1) is 0 Å². The van der Waals surface area contributed by atoms with Crippen molar-refractivity contribution in [2.75, 3.05) is 26.1 Å². The van der Waals surface area contributed by atoms with Gasteiger partial charge < -0.3 is 20.1 Å². The fraction of sp³-hybridized carbons (Fsp3) is 0.294. The molecule has 0 radical (unpaired) electrons. The molecule has 1 aliphatic heterocycles. The molecule has 0 atom stereocenters. The first-order valence-corrected chi connectivity index (χ1v) is 7.42. The number of ether oxygens (including phenoxy) is 2. The maximum Gasteiger partial charge on any atom is 0.257 e. The van der Waals surface area contributed by atoms with Gasteiger partial charge in [-0.1, -0.05) is 0 Å². The van der Waals surface area contributed by atoms with Crippen molar-refractivity contribution in [3.8, 4) is 11.5 Å². The van der Waals surface area contributed by atoms with Crippen molar-refractivity contribution in [1.82, 2.24) is 10.3 Å². The lowest BCUT2D eigenvalue weighted by Crippen LogP contribution is -2.27. The fourth-order valence-electron chi connectivity index (χ4n) is 2.72. The van der Waals surface area contributed by atoms with E-state index in [9.17, 15) is 4.79 Å². The number of amides is 1. The Kier molecular flexibility index (Phi) is 4.43. The van der Waals surface area contributed by atoms with Gasteiger partial charge in [0.25, 0.3) is 5.91 Å². The van der Waals surface area contributed by atoms with E-state index in [1.807, 2.05) is 6.20 Å². The van der Waals surface area contributed by atoms with Crippen molar-refractivity contribution in [3.63, 3.8) is 0 Å². The molecule has 2 aromatic rings. The van der Waals surface area contributed by atoms with Crippen LogP contribution < -0.4 is 20.1 Å². The van der Waals surface area contributed by atoms with E-state index < -0.39 is 0 Å². The van der Waals surface area contributed by atoms with Crippen LogP contribution in [0.4, 0.5) is 5.69 Å². The van der Waals surface area contributed by atoms with Crippen molar-refractivity contribution in [2.45, 2.75) is 13.0 Å². The van der Waals surface area contributed by atoms with Crippen LogP contribution in [0.25, 0.3) is 0 Å². The molecule has 0 bridgehead atoms. The summed E-state index contributed by atoms with van der Waals surface area (Å²) in [6.45, 7) is 1.62. The number of benzene rings is 1. The van der Waals surface area contributed by atoms with Gasteiger partial charge in [0.1, 0.15) is 0 Å². The molecule has 6 nitrogen and oxygen atoms in total. The zero-order valence-corrected chi connectivity index (χ0v) is 13.2. The summed E-state index contributed by atoms with van der Waals surface area (Å²) in [5.41, 5.74) is 3.42. The average molecular weight is 313 g/mol. The quantitative estimate of drug-likeness (QED) is 0.903. The Bertz CT molecular complexity index is 731. The van der Waals surface area contributed by atoms with Crippen molar-refractivity contribution >= 4 is 11.6 Å². The Hall–Kier alpha value is -2.60. The first-order chi connectivity index (χ1) is 11.2. The van der Waals surface area contributed by atoms with Gasteiger partial charge in [0.05, 0.1) is 19.8 Å². The number of nitrogens with one attached hydrogen (secondary N) is 2. The van der Waals surface area contributed by atoms with E-state index in [1.165, 1.54) is 0 Å². The molecule has 0 saturated heterocycles. The number of hydrogen-bond acceptors (Lipinski definition) is 5. The first kappa shape index (κ1) is 15.3. The number of rotatable bonds is 4. The van der Waals surface area contributed by atoms with Gasteiger partial charge in [-0.25, -0.2) is 0 Å². The van der Waals surface area contributed by atoms with Gasteiger partial charge in [-0.3, -0.25) is 9.78 Å². The first-order valence-electron chi connectivity index (χ1n) is 7.42. The van der Waals surface area contributed by atoms with Crippen LogP contribution >= 0.6 is 0 Å². The van der Waals surface area contributed by atoms with Gasteiger partial charge >= 0.3 is 0 Å². The number of anilines is 1. The monoisotopic (exact) mass is 313 g/mol. The third-order valence-electron chi connectivity index (χ3n) is 3.90. The van der Waals surface area contributed by atoms with E-state index in [2.05, 4.69) is 15.6 Å². The molecule has 0 fully saturated rings. The van der Waals surface area contributed by atoms with Gasteiger partial charge in [0, 0.05) is 30.7 Å². The SMILES string of the molecule is COc1ccc(NC(=O)c2cncc3c2CCNC3)cc1OC. The topological polar surface area (TPSA) is 72.5 Å². The van der Waals surface area contributed by atoms with Crippen LogP contribution in [0.5, 0.6) is 11.5 Å². The van der Waals surface area contributed by atoms with Crippen LogP contribution in [0.3, 0.4) is 0 Å². The highest BCUT2D eigenvalue weighted by Crippen LogP contribution is 2.30. The standard InChI is InChI=1S/C17H19N3O3/c1-22-15-4-3-12(7-16(15)23-2)20-17(21)14-10-19-9-11-8-18-6-5-13(11)14/h3-4,7,9-10,18H,5-6,8H2,1-2H3,(H,20,21). The molecule has 23 heavy (non-hydrogen) atoms. The van der Waals surface area contributed by atoms with Crippen LogP contribution in [0.1, 0.15) is 21.5 Å². The number of hydrogen-bond donors (Lipinski definition) is 2. The maximum atomic E-state index is 12.6.